The maximum absolute atomic E-state index is 13.1. The van der Waals surface area contributed by atoms with Crippen LogP contribution in [-0.4, -0.2) is 25.8 Å². The van der Waals surface area contributed by atoms with E-state index in [9.17, 15) is 18.0 Å². The average Bonchev–Trinajstić information content (AvgIpc) is 3.14. The second kappa shape index (κ2) is 9.36. The highest BCUT2D eigenvalue weighted by Gasteiger charge is 2.32. The van der Waals surface area contributed by atoms with Gasteiger partial charge in [-0.1, -0.05) is 29.3 Å². The third-order valence-electron chi connectivity index (χ3n) is 4.91. The third kappa shape index (κ3) is 5.08. The molecule has 0 saturated carbocycles. The molecule has 4 aromatic rings. The number of benzene rings is 2. The van der Waals surface area contributed by atoms with Gasteiger partial charge in [-0.2, -0.15) is 18.3 Å². The average molecular weight is 527 g/mol. The Morgan fingerprint density at radius 2 is 1.88 bits per heavy atom. The predicted molar refractivity (Wildman–Crippen MR) is 125 cm³/mol. The van der Waals surface area contributed by atoms with Crippen molar-refractivity contribution < 1.29 is 23.1 Å². The van der Waals surface area contributed by atoms with E-state index in [2.05, 4.69) is 10.1 Å². The second-order valence-electron chi connectivity index (χ2n) is 7.27. The number of carboxylic acids is 1. The van der Waals surface area contributed by atoms with Crippen molar-refractivity contribution >= 4 is 57.8 Å². The zero-order chi connectivity index (χ0) is 24.6. The van der Waals surface area contributed by atoms with Crippen LogP contribution in [0.5, 0.6) is 0 Å². The third-order valence-corrected chi connectivity index (χ3v) is 6.69. The van der Waals surface area contributed by atoms with E-state index in [4.69, 9.17) is 28.3 Å². The quantitative estimate of drug-likeness (QED) is 0.281. The van der Waals surface area contributed by atoms with Crippen molar-refractivity contribution in [2.24, 2.45) is 7.05 Å². The van der Waals surface area contributed by atoms with Gasteiger partial charge in [0.25, 0.3) is 0 Å². The van der Waals surface area contributed by atoms with Crippen molar-refractivity contribution in [3.8, 4) is 0 Å². The van der Waals surface area contributed by atoms with Crippen LogP contribution in [-0.2, 0) is 19.8 Å². The zero-order valence-electron chi connectivity index (χ0n) is 17.3. The summed E-state index contributed by atoms with van der Waals surface area (Å²) in [4.78, 5) is 15.7. The van der Waals surface area contributed by atoms with Crippen molar-refractivity contribution in [2.75, 3.05) is 4.31 Å². The van der Waals surface area contributed by atoms with Gasteiger partial charge in [0.2, 0.25) is 0 Å². The summed E-state index contributed by atoms with van der Waals surface area (Å²) in [6.45, 7) is 0.213. The highest BCUT2D eigenvalue weighted by molar-refractivity contribution is 8.00. The number of hydrogen-bond acceptors (Lipinski definition) is 5. The molecule has 0 amide bonds. The van der Waals surface area contributed by atoms with Crippen LogP contribution in [0, 0.1) is 0 Å². The normalized spacial score (nSPS) is 11.7. The minimum Gasteiger partial charge on any atom is -0.478 e. The standard InChI is InChI=1S/C22H15Cl2F3N4O2S/c1-30-18-4-2-12(6-14(18)9-29-30)11-31(20-17(24)8-15(10-28-20)22(25,26)27)34-19-5-3-13(21(32)33)7-16(19)23/h2-10H,11H2,1H3,(H,32,33). The molecule has 4 rings (SSSR count). The van der Waals surface area contributed by atoms with Gasteiger partial charge in [0.1, 0.15) is 0 Å². The van der Waals surface area contributed by atoms with E-state index < -0.39 is 17.7 Å². The molecule has 2 aromatic heterocycles. The molecule has 0 bridgehead atoms. The van der Waals surface area contributed by atoms with E-state index in [1.165, 1.54) is 18.2 Å². The Bertz CT molecular complexity index is 1390. The number of alkyl halides is 3. The molecule has 0 saturated heterocycles. The molecule has 34 heavy (non-hydrogen) atoms. The molecule has 12 heteroatoms. The zero-order valence-corrected chi connectivity index (χ0v) is 19.7. The number of pyridine rings is 1. The minimum absolute atomic E-state index is 0.00798. The fourth-order valence-electron chi connectivity index (χ4n) is 3.22. The van der Waals surface area contributed by atoms with Crippen molar-refractivity contribution in [1.82, 2.24) is 14.8 Å². The van der Waals surface area contributed by atoms with E-state index in [0.29, 0.717) is 11.1 Å². The first-order chi connectivity index (χ1) is 16.0. The first kappa shape index (κ1) is 24.2. The molecule has 2 heterocycles. The molecule has 0 radical (unpaired) electrons. The summed E-state index contributed by atoms with van der Waals surface area (Å²) >= 11 is 13.6. The Hall–Kier alpha value is -2.95. The Morgan fingerprint density at radius 3 is 2.53 bits per heavy atom. The van der Waals surface area contributed by atoms with E-state index in [1.54, 1.807) is 15.2 Å². The Kier molecular flexibility index (Phi) is 6.66. The number of fused-ring (bicyclic) bond motifs is 1. The lowest BCUT2D eigenvalue weighted by atomic mass is 10.1. The fraction of sp³-hybridized carbons (Fsp3) is 0.136. The van der Waals surface area contributed by atoms with Gasteiger partial charge in [-0.15, -0.1) is 0 Å². The van der Waals surface area contributed by atoms with Crippen LogP contribution in [0.1, 0.15) is 21.5 Å². The van der Waals surface area contributed by atoms with Gasteiger partial charge in [0.05, 0.1) is 39.4 Å². The molecule has 0 fully saturated rings. The summed E-state index contributed by atoms with van der Waals surface area (Å²) in [5, 5.41) is 14.2. The lowest BCUT2D eigenvalue weighted by molar-refractivity contribution is -0.137. The van der Waals surface area contributed by atoms with Crippen molar-refractivity contribution in [3.05, 3.63) is 81.6 Å². The lowest BCUT2D eigenvalue weighted by Crippen LogP contribution is -2.17. The van der Waals surface area contributed by atoms with Gasteiger partial charge in [-0.25, -0.2) is 9.78 Å². The molecule has 0 unspecified atom stereocenters. The van der Waals surface area contributed by atoms with E-state index in [-0.39, 0.29) is 28.0 Å². The number of rotatable bonds is 6. The minimum atomic E-state index is -4.59. The van der Waals surface area contributed by atoms with Crippen LogP contribution >= 0.6 is 35.1 Å². The monoisotopic (exact) mass is 526 g/mol. The fourth-order valence-corrected chi connectivity index (χ4v) is 4.78. The summed E-state index contributed by atoms with van der Waals surface area (Å²) in [5.74, 6) is -1.03. The molecule has 6 nitrogen and oxygen atoms in total. The maximum atomic E-state index is 13.1. The summed E-state index contributed by atoms with van der Waals surface area (Å²) in [7, 11) is 1.82. The molecule has 0 aliphatic rings. The molecule has 0 aliphatic heterocycles. The van der Waals surface area contributed by atoms with Gasteiger partial charge in [0, 0.05) is 23.5 Å². The Morgan fingerprint density at radius 1 is 1.12 bits per heavy atom. The highest BCUT2D eigenvalue weighted by Crippen LogP contribution is 2.39. The molecule has 1 N–H and O–H groups in total. The first-order valence-corrected chi connectivity index (χ1v) is 11.2. The van der Waals surface area contributed by atoms with Gasteiger partial charge in [-0.05, 0) is 53.9 Å². The number of aromatic carboxylic acids is 1. The SMILES string of the molecule is Cn1ncc2cc(CN(Sc3ccc(C(=O)O)cc3Cl)c3ncc(C(F)(F)F)cc3Cl)ccc21. The molecular weight excluding hydrogens is 512 g/mol. The Labute approximate surface area is 206 Å². The number of hydrogen-bond donors (Lipinski definition) is 1. The number of aromatic nitrogens is 3. The smallest absolute Gasteiger partial charge is 0.417 e. The van der Waals surface area contributed by atoms with Crippen LogP contribution in [0.3, 0.4) is 0 Å². The largest absolute Gasteiger partial charge is 0.478 e. The van der Waals surface area contributed by atoms with Crippen molar-refractivity contribution in [2.45, 2.75) is 17.6 Å². The highest BCUT2D eigenvalue weighted by atomic mass is 35.5. The maximum Gasteiger partial charge on any atom is 0.417 e. The van der Waals surface area contributed by atoms with Gasteiger partial charge in [-0.3, -0.25) is 8.99 Å². The molecule has 0 aliphatic carbocycles. The van der Waals surface area contributed by atoms with E-state index >= 15 is 0 Å². The van der Waals surface area contributed by atoms with Gasteiger partial charge < -0.3 is 5.11 Å². The van der Waals surface area contributed by atoms with Crippen molar-refractivity contribution in [3.63, 3.8) is 0 Å². The Balaban J connectivity index is 1.73. The number of anilines is 1. The topological polar surface area (TPSA) is 71.2 Å². The van der Waals surface area contributed by atoms with E-state index in [1.807, 2.05) is 25.2 Å². The summed E-state index contributed by atoms with van der Waals surface area (Å²) in [6, 6.07) is 10.7. The number of nitrogens with zero attached hydrogens (tertiary/aromatic N) is 4. The molecular formula is C22H15Cl2F3N4O2S. The van der Waals surface area contributed by atoms with Crippen LogP contribution in [0.2, 0.25) is 10.0 Å². The summed E-state index contributed by atoms with van der Waals surface area (Å²) in [5.41, 5.74) is 0.783. The van der Waals surface area contributed by atoms with Crippen LogP contribution in [0.4, 0.5) is 19.0 Å². The lowest BCUT2D eigenvalue weighted by Gasteiger charge is -2.24. The van der Waals surface area contributed by atoms with Crippen LogP contribution in [0.25, 0.3) is 10.9 Å². The first-order valence-electron chi connectivity index (χ1n) is 9.64. The number of carboxylic acid groups (broad SMARTS) is 1. The van der Waals surface area contributed by atoms with Crippen LogP contribution < -0.4 is 4.31 Å². The second-order valence-corrected chi connectivity index (χ2v) is 9.14. The molecule has 0 spiro atoms. The number of halogens is 5. The van der Waals surface area contributed by atoms with E-state index in [0.717, 1.165) is 34.5 Å². The summed E-state index contributed by atoms with van der Waals surface area (Å²) < 4.78 is 42.7. The molecule has 176 valence electrons. The molecule has 0 atom stereocenters. The number of aryl methyl sites for hydroxylation is 1. The summed E-state index contributed by atoms with van der Waals surface area (Å²) in [6.07, 6.45) is -2.16. The number of carbonyl (C=O) groups is 1. The van der Waals surface area contributed by atoms with Crippen molar-refractivity contribution in [1.29, 1.82) is 0 Å². The van der Waals surface area contributed by atoms with Gasteiger partial charge in [0.15, 0.2) is 5.82 Å². The molecule has 2 aromatic carbocycles. The predicted octanol–water partition coefficient (Wildman–Crippen LogP) is 6.71. The van der Waals surface area contributed by atoms with Crippen LogP contribution in [0.15, 0.2) is 59.8 Å². The van der Waals surface area contributed by atoms with Gasteiger partial charge >= 0.3 is 12.1 Å².